The highest BCUT2D eigenvalue weighted by Crippen LogP contribution is 2.24. The van der Waals surface area contributed by atoms with Gasteiger partial charge in [0.25, 0.3) is 5.91 Å². The van der Waals surface area contributed by atoms with Gasteiger partial charge in [-0.15, -0.1) is 0 Å². The van der Waals surface area contributed by atoms with Crippen LogP contribution in [0.3, 0.4) is 0 Å². The van der Waals surface area contributed by atoms with Gasteiger partial charge in [-0.05, 0) is 83.6 Å². The lowest BCUT2D eigenvalue weighted by Gasteiger charge is -2.34. The van der Waals surface area contributed by atoms with Crippen LogP contribution in [0.2, 0.25) is 15.5 Å². The van der Waals surface area contributed by atoms with Crippen LogP contribution >= 0.6 is 34.8 Å². The van der Waals surface area contributed by atoms with E-state index < -0.39 is 11.7 Å². The summed E-state index contributed by atoms with van der Waals surface area (Å²) in [7, 11) is 1.59. The zero-order chi connectivity index (χ0) is 47.1. The van der Waals surface area contributed by atoms with Crippen molar-refractivity contribution >= 4 is 64.3 Å². The third kappa shape index (κ3) is 14.9. The maximum Gasteiger partial charge on any atom is 0.407 e. The Morgan fingerprint density at radius 3 is 1.49 bits per heavy atom. The van der Waals surface area contributed by atoms with Crippen molar-refractivity contribution in [3.8, 4) is 24.0 Å². The van der Waals surface area contributed by atoms with E-state index in [1.54, 1.807) is 37.6 Å². The first kappa shape index (κ1) is 49.7. The normalized spacial score (nSPS) is 18.2. The number of methoxy groups -OCH3 is 1. The van der Waals surface area contributed by atoms with Gasteiger partial charge in [-0.3, -0.25) is 4.79 Å². The number of nitrogens with one attached hydrogen (secondary N) is 2. The zero-order valence-electron chi connectivity index (χ0n) is 36.5. The van der Waals surface area contributed by atoms with Crippen molar-refractivity contribution in [2.45, 2.75) is 83.0 Å². The van der Waals surface area contributed by atoms with Gasteiger partial charge in [-0.1, -0.05) is 34.8 Å². The minimum Gasteiger partial charge on any atom is -0.497 e. The zero-order valence-corrected chi connectivity index (χ0v) is 38.7. The fourth-order valence-corrected chi connectivity index (χ4v) is 7.60. The minimum atomic E-state index is -0.523. The molecule has 342 valence electrons. The van der Waals surface area contributed by atoms with Crippen molar-refractivity contribution in [2.24, 2.45) is 5.73 Å². The Kier molecular flexibility index (Phi) is 18.0. The Hall–Kier alpha value is -6.30. The Labute approximate surface area is 392 Å². The third-order valence-electron chi connectivity index (χ3n) is 10.2. The molecule has 3 atom stereocenters. The quantitative estimate of drug-likeness (QED) is 0.197. The van der Waals surface area contributed by atoms with Gasteiger partial charge in [-0.2, -0.15) is 15.8 Å². The summed E-state index contributed by atoms with van der Waals surface area (Å²) < 4.78 is 10.4. The Morgan fingerprint density at radius 1 is 0.692 bits per heavy atom. The molecule has 0 aliphatic carbocycles. The van der Waals surface area contributed by atoms with Crippen molar-refractivity contribution in [1.29, 1.82) is 15.8 Å². The lowest BCUT2D eigenvalue weighted by Crippen LogP contribution is -2.49. The van der Waals surface area contributed by atoms with E-state index in [9.17, 15) is 9.59 Å². The number of piperidine rings is 3. The highest BCUT2D eigenvalue weighted by atomic mass is 35.5. The monoisotopic (exact) mass is 945 g/mol. The lowest BCUT2D eigenvalue weighted by atomic mass is 10.0. The Balaban J connectivity index is 0.000000188. The van der Waals surface area contributed by atoms with Crippen LogP contribution in [-0.4, -0.2) is 112 Å². The van der Waals surface area contributed by atoms with Gasteiger partial charge < -0.3 is 40.5 Å². The second-order valence-corrected chi connectivity index (χ2v) is 17.3. The minimum absolute atomic E-state index is 0.00503. The van der Waals surface area contributed by atoms with E-state index in [-0.39, 0.29) is 56.6 Å². The first-order valence-electron chi connectivity index (χ1n) is 20.8. The fraction of sp³-hybridized carbons (Fsp3) is 0.465. The van der Waals surface area contributed by atoms with E-state index in [0.717, 1.165) is 64.7 Å². The van der Waals surface area contributed by atoms with Gasteiger partial charge in [0.2, 0.25) is 0 Å². The predicted octanol–water partition coefficient (Wildman–Crippen LogP) is 5.83. The van der Waals surface area contributed by atoms with Crippen LogP contribution in [0.1, 0.15) is 86.7 Å². The molecule has 7 rings (SSSR count). The molecule has 3 aromatic heterocycles. The first-order chi connectivity index (χ1) is 31.1. The van der Waals surface area contributed by atoms with Gasteiger partial charge in [0.1, 0.15) is 47.0 Å². The van der Waals surface area contributed by atoms with Gasteiger partial charge in [0.05, 0.1) is 25.7 Å². The van der Waals surface area contributed by atoms with E-state index in [4.69, 9.17) is 65.8 Å². The van der Waals surface area contributed by atoms with Crippen molar-refractivity contribution in [3.05, 3.63) is 81.0 Å². The summed E-state index contributed by atoms with van der Waals surface area (Å²) >= 11 is 17.7. The number of ether oxygens (including phenoxy) is 2. The maximum atomic E-state index is 12.4. The molecular weight excluding hydrogens is 897 g/mol. The topological polar surface area (TPSA) is 261 Å². The molecule has 4 aromatic rings. The van der Waals surface area contributed by atoms with Crippen molar-refractivity contribution in [2.75, 3.05) is 61.1 Å². The number of carbonyl (C=O) groups is 2. The molecule has 6 heterocycles. The summed E-state index contributed by atoms with van der Waals surface area (Å²) in [6, 6.07) is 12.8. The third-order valence-corrected chi connectivity index (χ3v) is 10.9. The van der Waals surface area contributed by atoms with Crippen LogP contribution in [0, 0.1) is 34.0 Å². The molecule has 3 aliphatic rings. The van der Waals surface area contributed by atoms with Crippen molar-refractivity contribution in [3.63, 3.8) is 0 Å². The SMILES string of the molecule is CC(C)(C)OC(=O)N[C@@H]1CCCN(c2cnc(C#N)c(Cl)n2)C1.COc1ccc(C(=O)N[C@@H]2CCCN(c3cnc(C#N)c(Cl)n3)C2)cc1.N#Cc1ncc(N2CCC[C@@H](N)C2)nc1Cl. The molecule has 0 spiro atoms. The number of amides is 2. The number of nitrogens with two attached hydrogens (primary N) is 1. The summed E-state index contributed by atoms with van der Waals surface area (Å²) in [5.41, 5.74) is 6.32. The van der Waals surface area contributed by atoms with Crippen LogP contribution < -0.4 is 35.8 Å². The summed E-state index contributed by atoms with van der Waals surface area (Å²) in [4.78, 5) is 54.9. The number of aromatic nitrogens is 6. The van der Waals surface area contributed by atoms with E-state index in [0.29, 0.717) is 41.9 Å². The number of nitriles is 3. The molecule has 3 aliphatic heterocycles. The number of benzene rings is 1. The molecule has 65 heavy (non-hydrogen) atoms. The highest BCUT2D eigenvalue weighted by Gasteiger charge is 2.27. The molecule has 1 aromatic carbocycles. The van der Waals surface area contributed by atoms with Crippen LogP contribution in [0.25, 0.3) is 0 Å². The number of hydrogen-bond acceptors (Lipinski definition) is 17. The molecule has 3 fully saturated rings. The van der Waals surface area contributed by atoms with E-state index >= 15 is 0 Å². The summed E-state index contributed by atoms with van der Waals surface area (Å²) in [5.74, 6) is 2.49. The number of anilines is 3. The first-order valence-corrected chi connectivity index (χ1v) is 22.0. The van der Waals surface area contributed by atoms with Gasteiger partial charge in [0, 0.05) is 63.0 Å². The summed E-state index contributed by atoms with van der Waals surface area (Å²) in [6.45, 7) is 9.95. The lowest BCUT2D eigenvalue weighted by molar-refractivity contribution is 0.0499. The molecule has 4 N–H and O–H groups in total. The Morgan fingerprint density at radius 2 is 1.11 bits per heavy atom. The fourth-order valence-electron chi connectivity index (χ4n) is 7.07. The number of rotatable bonds is 7. The number of nitrogens with zero attached hydrogens (tertiary/aromatic N) is 12. The molecule has 0 saturated carbocycles. The number of halogens is 3. The molecule has 0 bridgehead atoms. The van der Waals surface area contributed by atoms with Crippen LogP contribution in [0.5, 0.6) is 5.75 Å². The number of alkyl carbamates (subject to hydrolysis) is 1. The molecular formula is C43H50Cl3N15O4. The molecule has 22 heteroatoms. The predicted molar refractivity (Wildman–Crippen MR) is 245 cm³/mol. The van der Waals surface area contributed by atoms with Gasteiger partial charge in [0.15, 0.2) is 32.5 Å². The highest BCUT2D eigenvalue weighted by molar-refractivity contribution is 6.31. The maximum absolute atomic E-state index is 12.4. The average molecular weight is 947 g/mol. The largest absolute Gasteiger partial charge is 0.497 e. The second kappa shape index (κ2) is 23.6. The van der Waals surface area contributed by atoms with Crippen LogP contribution in [-0.2, 0) is 4.74 Å². The number of hydrogen-bond donors (Lipinski definition) is 3. The van der Waals surface area contributed by atoms with E-state index in [1.165, 1.54) is 12.4 Å². The molecule has 2 amide bonds. The summed E-state index contributed by atoms with van der Waals surface area (Å²) in [5, 5.41) is 32.7. The van der Waals surface area contributed by atoms with Crippen LogP contribution in [0.4, 0.5) is 22.2 Å². The average Bonchev–Trinajstić information content (AvgIpc) is 3.29. The Bertz CT molecular complexity index is 2400. The number of carbonyl (C=O) groups excluding carboxylic acids is 2. The van der Waals surface area contributed by atoms with Gasteiger partial charge in [-0.25, -0.2) is 34.7 Å². The van der Waals surface area contributed by atoms with Gasteiger partial charge >= 0.3 is 6.09 Å². The van der Waals surface area contributed by atoms with Crippen molar-refractivity contribution < 1.29 is 19.1 Å². The molecule has 3 saturated heterocycles. The smallest absolute Gasteiger partial charge is 0.407 e. The van der Waals surface area contributed by atoms with Crippen LogP contribution in [0.15, 0.2) is 42.9 Å². The summed E-state index contributed by atoms with van der Waals surface area (Å²) in [6.07, 6.45) is 9.86. The second-order valence-electron chi connectivity index (χ2n) is 16.2. The standard InChI is InChI=1S/C18H18ClN5O2.C15H20ClN5O2.C10H12ClN5/c1-26-14-6-4-12(5-7-14)18(25)22-13-3-2-8-24(11-13)16-10-21-15(9-20)17(19)23-16;1-15(2,3)23-14(22)19-10-5-4-6-21(9-10)12-8-18-11(7-17)13(16)20-12;11-10-8(4-12)14-5-9(15-10)16-3-1-2-7(13)6-16/h4-7,10,13H,2-3,8,11H2,1H3,(H,22,25);8,10H,4-6,9H2,1-3H3,(H,19,22);5,7H,1-3,6,13H2/t13-;10-;7-/m111/s1. The molecule has 0 unspecified atom stereocenters. The van der Waals surface area contributed by atoms with E-state index in [2.05, 4.69) is 40.5 Å². The van der Waals surface area contributed by atoms with Crippen molar-refractivity contribution in [1.82, 2.24) is 40.5 Å². The molecule has 0 radical (unpaired) electrons. The molecule has 19 nitrogen and oxygen atoms in total. The van der Waals surface area contributed by atoms with E-state index in [1.807, 2.05) is 53.7 Å².